The third kappa shape index (κ3) is 3.10. The Hall–Kier alpha value is -2.79. The van der Waals surface area contributed by atoms with Crippen molar-refractivity contribution >= 4 is 39.4 Å². The number of nitrogens with zero attached hydrogens (tertiary/aromatic N) is 1. The molecule has 1 heterocycles. The highest BCUT2D eigenvalue weighted by atomic mass is 32.1. The molecule has 0 bridgehead atoms. The molecule has 1 aromatic heterocycles. The second-order valence-electron chi connectivity index (χ2n) is 4.75. The number of phenols is 2. The molecule has 0 aliphatic heterocycles. The summed E-state index contributed by atoms with van der Waals surface area (Å²) in [5.41, 5.74) is 8.12. The molecular weight excluding hydrogens is 296 g/mol. The number of fused-ring (bicyclic) bond motifs is 1. The van der Waals surface area contributed by atoms with Crippen molar-refractivity contribution in [3.8, 4) is 11.5 Å². The molecule has 0 atom stereocenters. The summed E-state index contributed by atoms with van der Waals surface area (Å²) in [5.74, 6) is -0.286. The first-order valence-electron chi connectivity index (χ1n) is 6.64. The van der Waals surface area contributed by atoms with Gasteiger partial charge in [-0.05, 0) is 23.8 Å². The van der Waals surface area contributed by atoms with E-state index in [4.69, 9.17) is 5.73 Å². The van der Waals surface area contributed by atoms with Crippen LogP contribution in [0.5, 0.6) is 11.5 Å². The van der Waals surface area contributed by atoms with Crippen LogP contribution in [-0.2, 0) is 0 Å². The first kappa shape index (κ1) is 14.2. The minimum Gasteiger partial charge on any atom is -0.504 e. The smallest absolute Gasteiger partial charge is 0.159 e. The van der Waals surface area contributed by atoms with Gasteiger partial charge in [0.1, 0.15) is 5.01 Å². The van der Waals surface area contributed by atoms with Crippen LogP contribution in [0.25, 0.3) is 22.4 Å². The van der Waals surface area contributed by atoms with Crippen molar-refractivity contribution in [1.82, 2.24) is 4.98 Å². The zero-order valence-electron chi connectivity index (χ0n) is 11.6. The Bertz CT molecular complexity index is 825. The summed E-state index contributed by atoms with van der Waals surface area (Å²) in [5, 5.41) is 19.7. The lowest BCUT2D eigenvalue weighted by Gasteiger charge is -1.94. The largest absolute Gasteiger partial charge is 0.504 e. The van der Waals surface area contributed by atoms with Crippen LogP contribution in [0.1, 0.15) is 10.6 Å². The fraction of sp³-hybridized carbons (Fsp3) is 0. The van der Waals surface area contributed by atoms with E-state index < -0.39 is 0 Å². The Morgan fingerprint density at radius 2 is 1.64 bits per heavy atom. The number of phenolic OH excluding ortho intramolecular Hbond substituents is 2. The van der Waals surface area contributed by atoms with Gasteiger partial charge in [-0.3, -0.25) is 0 Å². The molecule has 0 radical (unpaired) electrons. The molecule has 0 spiro atoms. The lowest BCUT2D eigenvalue weighted by atomic mass is 10.2. The molecule has 5 heteroatoms. The highest BCUT2D eigenvalue weighted by Crippen LogP contribution is 2.33. The second-order valence-corrected chi connectivity index (χ2v) is 5.81. The number of thiazole rings is 1. The summed E-state index contributed by atoms with van der Waals surface area (Å²) in [4.78, 5) is 4.38. The van der Waals surface area contributed by atoms with Gasteiger partial charge in [-0.1, -0.05) is 30.4 Å². The SMILES string of the molecule is Nc1ccc(/C=C/C=C/c2nc3cc(O)c(O)cc3s2)cc1. The number of nitrogen functional groups attached to an aromatic ring is 1. The molecule has 22 heavy (non-hydrogen) atoms. The van der Waals surface area contributed by atoms with Crippen LogP contribution < -0.4 is 5.73 Å². The van der Waals surface area contributed by atoms with Crippen LogP contribution in [0.3, 0.4) is 0 Å². The van der Waals surface area contributed by atoms with Crippen molar-refractivity contribution in [2.45, 2.75) is 0 Å². The topological polar surface area (TPSA) is 79.4 Å². The van der Waals surface area contributed by atoms with E-state index in [1.807, 2.05) is 48.6 Å². The predicted molar refractivity (Wildman–Crippen MR) is 91.9 cm³/mol. The van der Waals surface area contributed by atoms with Crippen molar-refractivity contribution < 1.29 is 10.2 Å². The number of allylic oxidation sites excluding steroid dienone is 2. The van der Waals surface area contributed by atoms with Crippen molar-refractivity contribution in [3.05, 3.63) is 59.1 Å². The molecule has 0 amide bonds. The van der Waals surface area contributed by atoms with Gasteiger partial charge >= 0.3 is 0 Å². The normalized spacial score (nSPS) is 11.8. The molecule has 0 saturated heterocycles. The third-order valence-corrected chi connectivity index (χ3v) is 4.06. The van der Waals surface area contributed by atoms with Crippen molar-refractivity contribution in [2.75, 3.05) is 5.73 Å². The molecule has 3 rings (SSSR count). The predicted octanol–water partition coefficient (Wildman–Crippen LogP) is 4.02. The quantitative estimate of drug-likeness (QED) is 0.388. The number of rotatable bonds is 3. The number of hydrogen-bond acceptors (Lipinski definition) is 5. The zero-order chi connectivity index (χ0) is 15.5. The van der Waals surface area contributed by atoms with Gasteiger partial charge in [0.2, 0.25) is 0 Å². The van der Waals surface area contributed by atoms with Gasteiger partial charge < -0.3 is 15.9 Å². The van der Waals surface area contributed by atoms with Gasteiger partial charge in [0.25, 0.3) is 0 Å². The van der Waals surface area contributed by atoms with Crippen LogP contribution in [0.15, 0.2) is 48.6 Å². The molecule has 0 aliphatic rings. The van der Waals surface area contributed by atoms with Gasteiger partial charge in [-0.25, -0.2) is 4.98 Å². The molecular formula is C17H14N2O2S. The van der Waals surface area contributed by atoms with Gasteiger partial charge in [0.15, 0.2) is 11.5 Å². The first-order valence-corrected chi connectivity index (χ1v) is 7.46. The Balaban J connectivity index is 1.76. The minimum atomic E-state index is -0.156. The molecule has 0 fully saturated rings. The van der Waals surface area contributed by atoms with E-state index in [0.717, 1.165) is 21.0 Å². The van der Waals surface area contributed by atoms with Gasteiger partial charge in [-0.15, -0.1) is 11.3 Å². The summed E-state index contributed by atoms with van der Waals surface area (Å²) >= 11 is 1.45. The lowest BCUT2D eigenvalue weighted by molar-refractivity contribution is 0.405. The van der Waals surface area contributed by atoms with Crippen molar-refractivity contribution in [2.24, 2.45) is 0 Å². The average molecular weight is 310 g/mol. The Morgan fingerprint density at radius 1 is 0.955 bits per heavy atom. The molecule has 110 valence electrons. The number of aromatic nitrogens is 1. The Kier molecular flexibility index (Phi) is 3.80. The maximum absolute atomic E-state index is 9.48. The summed E-state index contributed by atoms with van der Waals surface area (Å²) in [7, 11) is 0. The molecule has 0 saturated carbocycles. The molecule has 4 N–H and O–H groups in total. The summed E-state index contributed by atoms with van der Waals surface area (Å²) < 4.78 is 0.831. The van der Waals surface area contributed by atoms with Gasteiger partial charge in [0, 0.05) is 17.8 Å². The molecule has 3 aromatic rings. The number of benzene rings is 2. The molecule has 0 aliphatic carbocycles. The second kappa shape index (κ2) is 5.91. The third-order valence-electron chi connectivity index (χ3n) is 3.08. The maximum Gasteiger partial charge on any atom is 0.159 e. The van der Waals surface area contributed by atoms with Crippen LogP contribution in [-0.4, -0.2) is 15.2 Å². The summed E-state index contributed by atoms with van der Waals surface area (Å²) in [6, 6.07) is 10.6. The van der Waals surface area contributed by atoms with Crippen LogP contribution >= 0.6 is 11.3 Å². The molecule has 4 nitrogen and oxygen atoms in total. The highest BCUT2D eigenvalue weighted by Gasteiger charge is 2.06. The van der Waals surface area contributed by atoms with Crippen LogP contribution in [0, 0.1) is 0 Å². The molecule has 2 aromatic carbocycles. The van der Waals surface area contributed by atoms with E-state index >= 15 is 0 Å². The van der Waals surface area contributed by atoms with E-state index in [0.29, 0.717) is 5.52 Å². The fourth-order valence-electron chi connectivity index (χ4n) is 1.95. The van der Waals surface area contributed by atoms with Crippen LogP contribution in [0.4, 0.5) is 5.69 Å². The molecule has 0 unspecified atom stereocenters. The monoisotopic (exact) mass is 310 g/mol. The summed E-state index contributed by atoms with van der Waals surface area (Å²) in [6.45, 7) is 0. The van der Waals surface area contributed by atoms with Crippen LogP contribution in [0.2, 0.25) is 0 Å². The van der Waals surface area contributed by atoms with E-state index in [1.165, 1.54) is 23.5 Å². The Morgan fingerprint density at radius 3 is 2.41 bits per heavy atom. The number of aromatic hydroxyl groups is 2. The van der Waals surface area contributed by atoms with E-state index in [1.54, 1.807) is 0 Å². The van der Waals surface area contributed by atoms with E-state index in [9.17, 15) is 10.2 Å². The minimum absolute atomic E-state index is 0.130. The fourth-order valence-corrected chi connectivity index (χ4v) is 2.85. The number of anilines is 1. The average Bonchev–Trinajstić information content (AvgIpc) is 2.88. The Labute approximate surface area is 131 Å². The van der Waals surface area contributed by atoms with Gasteiger partial charge in [0.05, 0.1) is 10.2 Å². The van der Waals surface area contributed by atoms with E-state index in [2.05, 4.69) is 4.98 Å². The van der Waals surface area contributed by atoms with Crippen molar-refractivity contribution in [1.29, 1.82) is 0 Å². The standard InChI is InChI=1S/C17H14N2O2S/c18-12-7-5-11(6-8-12)3-1-2-4-17-19-13-9-14(20)15(21)10-16(13)22-17/h1-10,20-21H,18H2/b3-1+,4-2+. The zero-order valence-corrected chi connectivity index (χ0v) is 12.4. The van der Waals surface area contributed by atoms with Crippen molar-refractivity contribution in [3.63, 3.8) is 0 Å². The lowest BCUT2D eigenvalue weighted by Crippen LogP contribution is -1.82. The first-order chi connectivity index (χ1) is 10.6. The van der Waals surface area contributed by atoms with Gasteiger partial charge in [-0.2, -0.15) is 0 Å². The highest BCUT2D eigenvalue weighted by molar-refractivity contribution is 7.19. The van der Waals surface area contributed by atoms with E-state index in [-0.39, 0.29) is 11.5 Å². The summed E-state index contributed by atoms with van der Waals surface area (Å²) in [6.07, 6.45) is 7.67. The maximum atomic E-state index is 9.48. The number of nitrogens with two attached hydrogens (primary N) is 1. The number of hydrogen-bond donors (Lipinski definition) is 3.